The Bertz CT molecular complexity index is 583. The molecule has 3 saturated heterocycles. The van der Waals surface area contributed by atoms with Gasteiger partial charge < -0.3 is 20.3 Å². The Kier molecular flexibility index (Phi) is 6.54. The molecule has 3 aliphatic rings. The molecule has 3 atom stereocenters. The molecule has 0 saturated carbocycles. The zero-order valence-corrected chi connectivity index (χ0v) is 18.4. The van der Waals surface area contributed by atoms with Crippen LogP contribution in [0.25, 0.3) is 0 Å². The van der Waals surface area contributed by atoms with Crippen molar-refractivity contribution in [3.05, 3.63) is 0 Å². The molecule has 3 heterocycles. The van der Waals surface area contributed by atoms with Crippen molar-refractivity contribution in [3.8, 4) is 0 Å². The summed E-state index contributed by atoms with van der Waals surface area (Å²) in [5, 5.41) is 6.53. The molecule has 7 heteroatoms. The van der Waals surface area contributed by atoms with Crippen LogP contribution >= 0.6 is 0 Å². The Morgan fingerprint density at radius 2 is 2.07 bits per heavy atom. The zero-order chi connectivity index (χ0) is 20.4. The summed E-state index contributed by atoms with van der Waals surface area (Å²) in [6.07, 6.45) is 3.40. The van der Waals surface area contributed by atoms with Gasteiger partial charge in [-0.15, -0.1) is 0 Å². The number of guanidine groups is 1. The van der Waals surface area contributed by atoms with Gasteiger partial charge in [0.25, 0.3) is 0 Å². The number of ether oxygens (including phenoxy) is 1. The summed E-state index contributed by atoms with van der Waals surface area (Å²) in [5.41, 5.74) is 0.0570. The van der Waals surface area contributed by atoms with Crippen molar-refractivity contribution in [1.82, 2.24) is 20.4 Å². The maximum absolute atomic E-state index is 11.8. The SMILES string of the molecule is CCNC(=NCC(C)(C)N1CC(C)OC(C)C1)N1CCCC2(CNC(=O)C2)C1. The normalized spacial score (nSPS) is 32.7. The van der Waals surface area contributed by atoms with E-state index in [1.165, 1.54) is 0 Å². The number of amides is 1. The molecule has 0 aromatic rings. The molecule has 2 N–H and O–H groups in total. The Hall–Kier alpha value is -1.34. The van der Waals surface area contributed by atoms with E-state index >= 15 is 0 Å². The Labute approximate surface area is 170 Å². The zero-order valence-electron chi connectivity index (χ0n) is 18.4. The first-order valence-electron chi connectivity index (χ1n) is 10.9. The average molecular weight is 394 g/mol. The molecule has 0 aromatic heterocycles. The van der Waals surface area contributed by atoms with Crippen LogP contribution in [0.5, 0.6) is 0 Å². The quantitative estimate of drug-likeness (QED) is 0.559. The largest absolute Gasteiger partial charge is 0.373 e. The second-order valence-electron chi connectivity index (χ2n) is 9.62. The number of nitrogens with zero attached hydrogens (tertiary/aromatic N) is 3. The van der Waals surface area contributed by atoms with Gasteiger partial charge in [0, 0.05) is 56.6 Å². The van der Waals surface area contributed by atoms with Crippen LogP contribution in [0.3, 0.4) is 0 Å². The summed E-state index contributed by atoms with van der Waals surface area (Å²) in [4.78, 5) is 21.7. The number of likely N-dealkylation sites (tertiary alicyclic amines) is 1. The molecule has 7 nitrogen and oxygen atoms in total. The van der Waals surface area contributed by atoms with Crippen molar-refractivity contribution < 1.29 is 9.53 Å². The number of piperidine rings is 1. The van der Waals surface area contributed by atoms with Crippen LogP contribution in [0, 0.1) is 5.41 Å². The number of morpholine rings is 1. The van der Waals surface area contributed by atoms with E-state index in [4.69, 9.17) is 9.73 Å². The van der Waals surface area contributed by atoms with Crippen LogP contribution in [0.15, 0.2) is 4.99 Å². The van der Waals surface area contributed by atoms with Crippen molar-refractivity contribution in [2.24, 2.45) is 10.4 Å². The fourth-order valence-corrected chi connectivity index (χ4v) is 4.90. The Morgan fingerprint density at radius 1 is 1.36 bits per heavy atom. The number of hydrogen-bond acceptors (Lipinski definition) is 4. The van der Waals surface area contributed by atoms with Gasteiger partial charge in [0.05, 0.1) is 18.8 Å². The van der Waals surface area contributed by atoms with Gasteiger partial charge in [0.1, 0.15) is 0 Å². The Balaban J connectivity index is 1.68. The van der Waals surface area contributed by atoms with Crippen LogP contribution in [-0.4, -0.2) is 85.2 Å². The highest BCUT2D eigenvalue weighted by Crippen LogP contribution is 2.36. The molecular formula is C21H39N5O2. The molecule has 3 unspecified atom stereocenters. The minimum Gasteiger partial charge on any atom is -0.373 e. The molecule has 160 valence electrons. The van der Waals surface area contributed by atoms with Crippen molar-refractivity contribution in [3.63, 3.8) is 0 Å². The standard InChI is InChI=1S/C21H39N5O2/c1-6-22-19(25-9-7-8-21(15-25)10-18(27)23-14-21)24-13-20(4,5)26-11-16(2)28-17(3)12-26/h16-17H,6-15H2,1-5H3,(H,22,24)(H,23,27). The first-order chi connectivity index (χ1) is 13.2. The van der Waals surface area contributed by atoms with Crippen LogP contribution in [-0.2, 0) is 9.53 Å². The summed E-state index contributed by atoms with van der Waals surface area (Å²) in [6.45, 7) is 17.2. The fraction of sp³-hybridized carbons (Fsp3) is 0.905. The lowest BCUT2D eigenvalue weighted by Crippen LogP contribution is -2.56. The van der Waals surface area contributed by atoms with Crippen LogP contribution in [0.1, 0.15) is 53.9 Å². The molecule has 3 aliphatic heterocycles. The van der Waals surface area contributed by atoms with E-state index in [0.29, 0.717) is 6.42 Å². The van der Waals surface area contributed by atoms with Gasteiger partial charge in [-0.05, 0) is 47.5 Å². The van der Waals surface area contributed by atoms with Crippen molar-refractivity contribution >= 4 is 11.9 Å². The second kappa shape index (κ2) is 8.57. The summed E-state index contributed by atoms with van der Waals surface area (Å²) in [7, 11) is 0. The predicted molar refractivity (Wildman–Crippen MR) is 113 cm³/mol. The molecule has 0 aliphatic carbocycles. The van der Waals surface area contributed by atoms with Gasteiger partial charge in [-0.1, -0.05) is 0 Å². The number of carbonyl (C=O) groups excluding carboxylic acids is 1. The van der Waals surface area contributed by atoms with Crippen molar-refractivity contribution in [1.29, 1.82) is 0 Å². The average Bonchev–Trinajstić information content (AvgIpc) is 2.97. The van der Waals surface area contributed by atoms with E-state index in [9.17, 15) is 4.79 Å². The van der Waals surface area contributed by atoms with E-state index in [1.807, 2.05) is 0 Å². The highest BCUT2D eigenvalue weighted by molar-refractivity contribution is 5.81. The summed E-state index contributed by atoms with van der Waals surface area (Å²) in [5.74, 6) is 1.18. The molecular weight excluding hydrogens is 354 g/mol. The van der Waals surface area contributed by atoms with Gasteiger partial charge >= 0.3 is 0 Å². The lowest BCUT2D eigenvalue weighted by molar-refractivity contribution is -0.119. The number of rotatable bonds is 4. The lowest BCUT2D eigenvalue weighted by Gasteiger charge is -2.45. The number of aliphatic imine (C=N–C) groups is 1. The third-order valence-electron chi connectivity index (χ3n) is 6.38. The van der Waals surface area contributed by atoms with Gasteiger partial charge in [0.15, 0.2) is 5.96 Å². The number of nitrogens with one attached hydrogen (secondary N) is 2. The van der Waals surface area contributed by atoms with Gasteiger partial charge in [-0.3, -0.25) is 14.7 Å². The molecule has 0 radical (unpaired) electrons. The summed E-state index contributed by atoms with van der Waals surface area (Å²) >= 11 is 0. The van der Waals surface area contributed by atoms with Gasteiger partial charge in [-0.25, -0.2) is 0 Å². The minimum atomic E-state index is -0.0225. The van der Waals surface area contributed by atoms with Gasteiger partial charge in [0.2, 0.25) is 5.91 Å². The summed E-state index contributed by atoms with van der Waals surface area (Å²) in [6, 6.07) is 0. The smallest absolute Gasteiger partial charge is 0.220 e. The Morgan fingerprint density at radius 3 is 2.68 bits per heavy atom. The maximum Gasteiger partial charge on any atom is 0.220 e. The molecule has 0 bridgehead atoms. The molecule has 0 aromatic carbocycles. The third-order valence-corrected chi connectivity index (χ3v) is 6.38. The van der Waals surface area contributed by atoms with Crippen LogP contribution in [0.4, 0.5) is 0 Å². The fourth-order valence-electron chi connectivity index (χ4n) is 4.90. The topological polar surface area (TPSA) is 69.2 Å². The number of hydrogen-bond donors (Lipinski definition) is 2. The van der Waals surface area contributed by atoms with Crippen LogP contribution in [0.2, 0.25) is 0 Å². The van der Waals surface area contributed by atoms with E-state index in [0.717, 1.165) is 64.6 Å². The monoisotopic (exact) mass is 393 g/mol. The van der Waals surface area contributed by atoms with Crippen molar-refractivity contribution in [2.45, 2.75) is 71.6 Å². The van der Waals surface area contributed by atoms with Crippen LogP contribution < -0.4 is 10.6 Å². The molecule has 3 fully saturated rings. The molecule has 1 amide bonds. The maximum atomic E-state index is 11.8. The highest BCUT2D eigenvalue weighted by atomic mass is 16.5. The molecule has 3 rings (SSSR count). The minimum absolute atomic E-state index is 0.0225. The van der Waals surface area contributed by atoms with Crippen molar-refractivity contribution in [2.75, 3.05) is 45.8 Å². The molecule has 1 spiro atoms. The predicted octanol–water partition coefficient (Wildman–Crippen LogP) is 1.44. The molecule has 28 heavy (non-hydrogen) atoms. The number of carbonyl (C=O) groups is 1. The van der Waals surface area contributed by atoms with E-state index in [2.05, 4.69) is 55.1 Å². The van der Waals surface area contributed by atoms with E-state index in [-0.39, 0.29) is 29.1 Å². The van der Waals surface area contributed by atoms with Gasteiger partial charge in [-0.2, -0.15) is 0 Å². The second-order valence-corrected chi connectivity index (χ2v) is 9.62. The summed E-state index contributed by atoms with van der Waals surface area (Å²) < 4.78 is 5.90. The first kappa shape index (κ1) is 21.4. The first-order valence-corrected chi connectivity index (χ1v) is 10.9. The van der Waals surface area contributed by atoms with E-state index in [1.54, 1.807) is 0 Å². The van der Waals surface area contributed by atoms with E-state index < -0.39 is 0 Å². The third kappa shape index (κ3) is 4.98. The highest BCUT2D eigenvalue weighted by Gasteiger charge is 2.42. The lowest BCUT2D eigenvalue weighted by atomic mass is 9.79.